The molecule has 28 heavy (non-hydrogen) atoms. The predicted octanol–water partition coefficient (Wildman–Crippen LogP) is 2.71. The van der Waals surface area contributed by atoms with Crippen LogP contribution in [0.25, 0.3) is 11.0 Å². The number of rotatable bonds is 5. The number of sulfone groups is 1. The third kappa shape index (κ3) is 3.79. The minimum Gasteiger partial charge on any atom is -0.449 e. The number of carbonyl (C=O) groups excluding carboxylic acids is 1. The Morgan fingerprint density at radius 1 is 1.14 bits per heavy atom. The normalized spacial score (nSPS) is 15.6. The summed E-state index contributed by atoms with van der Waals surface area (Å²) < 4.78 is 36.1. The van der Waals surface area contributed by atoms with Gasteiger partial charge in [0, 0.05) is 31.3 Å². The first-order valence-electron chi connectivity index (χ1n) is 9.06. The van der Waals surface area contributed by atoms with E-state index in [9.17, 15) is 13.2 Å². The number of benzene rings is 1. The van der Waals surface area contributed by atoms with E-state index >= 15 is 0 Å². The van der Waals surface area contributed by atoms with E-state index in [2.05, 4.69) is 10.3 Å². The molecule has 0 unspecified atom stereocenters. The highest BCUT2D eigenvalue weighted by atomic mass is 32.2. The molecule has 1 aromatic carbocycles. The molecule has 1 fully saturated rings. The van der Waals surface area contributed by atoms with Gasteiger partial charge in [0.2, 0.25) is 0 Å². The first-order valence-corrected chi connectivity index (χ1v) is 10.6. The summed E-state index contributed by atoms with van der Waals surface area (Å²) in [6.07, 6.45) is 4.24. The molecule has 8 heteroatoms. The first-order chi connectivity index (χ1) is 13.5. The molecule has 2 aromatic heterocycles. The fraction of sp³-hybridized carbons (Fsp3) is 0.300. The lowest BCUT2D eigenvalue weighted by Gasteiger charge is -2.22. The van der Waals surface area contributed by atoms with Crippen molar-refractivity contribution in [2.45, 2.75) is 29.5 Å². The van der Waals surface area contributed by atoms with Crippen molar-refractivity contribution in [1.82, 2.24) is 10.3 Å². The number of amides is 1. The van der Waals surface area contributed by atoms with Gasteiger partial charge in [-0.05, 0) is 42.7 Å². The number of ether oxygens (including phenoxy) is 1. The highest BCUT2D eigenvalue weighted by Gasteiger charge is 2.29. The second-order valence-electron chi connectivity index (χ2n) is 6.71. The second-order valence-corrected chi connectivity index (χ2v) is 8.94. The molecular formula is C20H20N2O5S. The Morgan fingerprint density at radius 2 is 1.89 bits per heavy atom. The lowest BCUT2D eigenvalue weighted by Crippen LogP contribution is -2.29. The van der Waals surface area contributed by atoms with E-state index < -0.39 is 15.1 Å². The van der Waals surface area contributed by atoms with Crippen molar-refractivity contribution >= 4 is 26.7 Å². The zero-order chi connectivity index (χ0) is 19.6. The lowest BCUT2D eigenvalue weighted by atomic mass is 10.2. The molecule has 1 aliphatic heterocycles. The molecule has 1 saturated heterocycles. The van der Waals surface area contributed by atoms with Crippen LogP contribution in [-0.4, -0.2) is 37.8 Å². The average molecular weight is 400 g/mol. The standard InChI is InChI=1S/C20H20N2O5S/c23-20(18-11-15-5-8-21-13-19(15)27-18)22-12-14-1-3-16(4-2-14)28(24,25)17-6-9-26-10-7-17/h1-5,8,11,13,17H,6-7,9-10,12H2,(H,22,23). The average Bonchev–Trinajstić information content (AvgIpc) is 3.17. The van der Waals surface area contributed by atoms with Crippen LogP contribution in [-0.2, 0) is 21.1 Å². The summed E-state index contributed by atoms with van der Waals surface area (Å²) in [4.78, 5) is 16.6. The van der Waals surface area contributed by atoms with Gasteiger partial charge in [0.1, 0.15) is 0 Å². The van der Waals surface area contributed by atoms with E-state index in [-0.39, 0.29) is 18.2 Å². The Morgan fingerprint density at radius 3 is 2.61 bits per heavy atom. The SMILES string of the molecule is O=C(NCc1ccc(S(=O)(=O)C2CCOCC2)cc1)c1cc2ccncc2o1. The van der Waals surface area contributed by atoms with E-state index in [4.69, 9.17) is 9.15 Å². The van der Waals surface area contributed by atoms with Crippen LogP contribution in [0.2, 0.25) is 0 Å². The Hall–Kier alpha value is -2.71. The molecule has 0 saturated carbocycles. The summed E-state index contributed by atoms with van der Waals surface area (Å²) in [7, 11) is -3.36. The molecule has 0 radical (unpaired) electrons. The van der Waals surface area contributed by atoms with Gasteiger partial charge in [0.05, 0.1) is 16.3 Å². The Balaban J connectivity index is 1.41. The molecule has 1 aliphatic rings. The summed E-state index contributed by atoms with van der Waals surface area (Å²) in [6, 6.07) is 10.1. The number of pyridine rings is 1. The van der Waals surface area contributed by atoms with Crippen LogP contribution in [0.1, 0.15) is 29.0 Å². The molecule has 3 heterocycles. The van der Waals surface area contributed by atoms with Crippen LogP contribution in [0.5, 0.6) is 0 Å². The van der Waals surface area contributed by atoms with E-state index in [1.54, 1.807) is 48.8 Å². The number of hydrogen-bond donors (Lipinski definition) is 1. The number of nitrogens with one attached hydrogen (secondary N) is 1. The van der Waals surface area contributed by atoms with Crippen molar-refractivity contribution in [1.29, 1.82) is 0 Å². The van der Waals surface area contributed by atoms with Gasteiger partial charge in [-0.2, -0.15) is 0 Å². The maximum atomic E-state index is 12.7. The molecule has 0 aliphatic carbocycles. The van der Waals surface area contributed by atoms with Crippen LogP contribution >= 0.6 is 0 Å². The number of fused-ring (bicyclic) bond motifs is 1. The quantitative estimate of drug-likeness (QED) is 0.707. The third-order valence-corrected chi connectivity index (χ3v) is 7.14. The van der Waals surface area contributed by atoms with E-state index in [0.29, 0.717) is 36.5 Å². The van der Waals surface area contributed by atoms with Gasteiger partial charge < -0.3 is 14.5 Å². The molecule has 4 rings (SSSR count). The molecule has 3 aromatic rings. The van der Waals surface area contributed by atoms with E-state index in [1.807, 2.05) is 0 Å². The van der Waals surface area contributed by atoms with Crippen molar-refractivity contribution in [2.24, 2.45) is 0 Å². The van der Waals surface area contributed by atoms with Crippen LogP contribution < -0.4 is 5.32 Å². The molecule has 0 bridgehead atoms. The molecule has 1 amide bonds. The number of carbonyl (C=O) groups is 1. The maximum absolute atomic E-state index is 12.7. The van der Waals surface area contributed by atoms with Crippen molar-refractivity contribution in [2.75, 3.05) is 13.2 Å². The fourth-order valence-electron chi connectivity index (χ4n) is 3.24. The van der Waals surface area contributed by atoms with Gasteiger partial charge in [-0.3, -0.25) is 9.78 Å². The van der Waals surface area contributed by atoms with Crippen molar-refractivity contribution in [3.63, 3.8) is 0 Å². The molecule has 0 atom stereocenters. The Bertz CT molecular complexity index is 1050. The highest BCUT2D eigenvalue weighted by molar-refractivity contribution is 7.92. The van der Waals surface area contributed by atoms with Crippen molar-refractivity contribution in [3.05, 3.63) is 60.1 Å². The van der Waals surface area contributed by atoms with Gasteiger partial charge in [0.15, 0.2) is 21.2 Å². The smallest absolute Gasteiger partial charge is 0.287 e. The third-order valence-electron chi connectivity index (χ3n) is 4.86. The molecular weight excluding hydrogens is 380 g/mol. The second kappa shape index (κ2) is 7.73. The van der Waals surface area contributed by atoms with Crippen molar-refractivity contribution < 1.29 is 22.4 Å². The maximum Gasteiger partial charge on any atom is 0.287 e. The highest BCUT2D eigenvalue weighted by Crippen LogP contribution is 2.24. The van der Waals surface area contributed by atoms with Gasteiger partial charge in [-0.1, -0.05) is 12.1 Å². The number of aromatic nitrogens is 1. The monoisotopic (exact) mass is 400 g/mol. The summed E-state index contributed by atoms with van der Waals surface area (Å²) in [5.41, 5.74) is 1.35. The molecule has 1 N–H and O–H groups in total. The molecule has 146 valence electrons. The lowest BCUT2D eigenvalue weighted by molar-refractivity contribution is 0.0925. The van der Waals surface area contributed by atoms with E-state index in [0.717, 1.165) is 10.9 Å². The van der Waals surface area contributed by atoms with Gasteiger partial charge in [0.25, 0.3) is 5.91 Å². The van der Waals surface area contributed by atoms with Crippen LogP contribution in [0.15, 0.2) is 58.1 Å². The summed E-state index contributed by atoms with van der Waals surface area (Å²) in [5.74, 6) is -0.128. The van der Waals surface area contributed by atoms with E-state index in [1.165, 1.54) is 0 Å². The number of nitrogens with zero attached hydrogens (tertiary/aromatic N) is 1. The van der Waals surface area contributed by atoms with Crippen molar-refractivity contribution in [3.8, 4) is 0 Å². The minimum atomic E-state index is -3.36. The predicted molar refractivity (Wildman–Crippen MR) is 103 cm³/mol. The first kappa shape index (κ1) is 18.6. The van der Waals surface area contributed by atoms with Gasteiger partial charge >= 0.3 is 0 Å². The van der Waals surface area contributed by atoms with Crippen LogP contribution in [0, 0.1) is 0 Å². The Labute approximate surface area is 162 Å². The molecule has 0 spiro atoms. The number of furan rings is 1. The Kier molecular flexibility index (Phi) is 5.15. The fourth-order valence-corrected chi connectivity index (χ4v) is 4.95. The molecule has 7 nitrogen and oxygen atoms in total. The summed E-state index contributed by atoms with van der Waals surface area (Å²) in [6.45, 7) is 1.23. The largest absolute Gasteiger partial charge is 0.449 e. The number of hydrogen-bond acceptors (Lipinski definition) is 6. The van der Waals surface area contributed by atoms with Crippen LogP contribution in [0.3, 0.4) is 0 Å². The minimum absolute atomic E-state index is 0.210. The van der Waals surface area contributed by atoms with Gasteiger partial charge in [-0.25, -0.2) is 8.42 Å². The zero-order valence-corrected chi connectivity index (χ0v) is 15.9. The topological polar surface area (TPSA) is 98.5 Å². The van der Waals surface area contributed by atoms with Gasteiger partial charge in [-0.15, -0.1) is 0 Å². The summed E-state index contributed by atoms with van der Waals surface area (Å²) in [5, 5.41) is 3.19. The summed E-state index contributed by atoms with van der Waals surface area (Å²) >= 11 is 0. The zero-order valence-electron chi connectivity index (χ0n) is 15.1. The van der Waals surface area contributed by atoms with Crippen LogP contribution in [0.4, 0.5) is 0 Å².